The third kappa shape index (κ3) is 2.54. The highest BCUT2D eigenvalue weighted by Gasteiger charge is 2.48. The van der Waals surface area contributed by atoms with Crippen molar-refractivity contribution in [1.29, 1.82) is 0 Å². The summed E-state index contributed by atoms with van der Waals surface area (Å²) in [5.74, 6) is -0.162. The average molecular weight is 352 g/mol. The molecule has 25 heavy (non-hydrogen) atoms. The Labute approximate surface area is 140 Å². The number of imidazole rings is 1. The number of imide groups is 1. The van der Waals surface area contributed by atoms with Crippen molar-refractivity contribution in [3.8, 4) is 0 Å². The molecule has 1 N–H and O–H groups in total. The molecule has 2 aliphatic rings. The van der Waals surface area contributed by atoms with Crippen molar-refractivity contribution < 1.29 is 22.8 Å². The maximum Gasteiger partial charge on any atom is 0.416 e. The number of amides is 2. The number of pyridine rings is 1. The van der Waals surface area contributed by atoms with Gasteiger partial charge in [0, 0.05) is 19.5 Å². The van der Waals surface area contributed by atoms with Crippen LogP contribution in [0.5, 0.6) is 0 Å². The highest BCUT2D eigenvalue weighted by atomic mass is 19.4. The number of rotatable bonds is 1. The molecule has 2 aromatic rings. The van der Waals surface area contributed by atoms with Crippen LogP contribution in [0.25, 0.3) is 5.52 Å². The molecular formula is C16H15F3N4O2. The van der Waals surface area contributed by atoms with E-state index in [4.69, 9.17) is 0 Å². The van der Waals surface area contributed by atoms with E-state index in [2.05, 4.69) is 10.3 Å². The largest absolute Gasteiger partial charge is 0.416 e. The van der Waals surface area contributed by atoms with Crippen molar-refractivity contribution in [2.75, 3.05) is 18.0 Å². The van der Waals surface area contributed by atoms with E-state index in [1.165, 1.54) is 12.5 Å². The minimum Gasteiger partial charge on any atom is -0.358 e. The van der Waals surface area contributed by atoms with Gasteiger partial charge in [-0.2, -0.15) is 13.2 Å². The lowest BCUT2D eigenvalue weighted by atomic mass is 9.77. The van der Waals surface area contributed by atoms with Crippen LogP contribution in [0.2, 0.25) is 0 Å². The number of aromatic nitrogens is 2. The maximum absolute atomic E-state index is 13.2. The maximum atomic E-state index is 13.2. The number of anilines is 1. The summed E-state index contributed by atoms with van der Waals surface area (Å²) in [6.45, 7) is 0.796. The SMILES string of the molecule is O=C1CC2(CCN(c3cc(C(F)(F)F)cc4cncn34)CC2)C(=O)N1. The minimum absolute atomic E-state index is 0.156. The number of fused-ring (bicyclic) bond motifs is 1. The van der Waals surface area contributed by atoms with E-state index in [0.717, 1.165) is 12.1 Å². The number of alkyl halides is 3. The van der Waals surface area contributed by atoms with Gasteiger partial charge < -0.3 is 4.90 Å². The minimum atomic E-state index is -4.45. The first-order valence-corrected chi connectivity index (χ1v) is 7.91. The fourth-order valence-corrected chi connectivity index (χ4v) is 3.68. The highest BCUT2D eigenvalue weighted by molar-refractivity contribution is 6.06. The summed E-state index contributed by atoms with van der Waals surface area (Å²) < 4.78 is 41.1. The molecular weight excluding hydrogens is 337 g/mol. The molecule has 2 amide bonds. The molecule has 0 aromatic carbocycles. The second-order valence-corrected chi connectivity index (χ2v) is 6.61. The molecule has 0 atom stereocenters. The quantitative estimate of drug-likeness (QED) is 0.797. The Bertz CT molecular complexity index is 866. The smallest absolute Gasteiger partial charge is 0.358 e. The van der Waals surface area contributed by atoms with Crippen LogP contribution in [-0.2, 0) is 15.8 Å². The number of hydrogen-bond acceptors (Lipinski definition) is 4. The molecule has 0 unspecified atom stereocenters. The molecule has 2 saturated heterocycles. The van der Waals surface area contributed by atoms with Gasteiger partial charge in [-0.25, -0.2) is 4.98 Å². The summed E-state index contributed by atoms with van der Waals surface area (Å²) in [5, 5.41) is 2.33. The molecule has 1 spiro atoms. The molecule has 6 nitrogen and oxygen atoms in total. The van der Waals surface area contributed by atoms with E-state index in [9.17, 15) is 22.8 Å². The standard InChI is InChI=1S/C16H15F3N4O2/c17-16(18,19)10-5-11-8-20-9-23(11)13(6-10)22-3-1-15(2-4-22)7-12(24)21-14(15)25/h5-6,8-9H,1-4,7H2,(H,21,24,25). The summed E-state index contributed by atoms with van der Waals surface area (Å²) in [5.41, 5.74) is -1.09. The Balaban J connectivity index is 1.66. The molecule has 9 heteroatoms. The van der Waals surface area contributed by atoms with Crippen molar-refractivity contribution >= 4 is 23.1 Å². The number of carbonyl (C=O) groups is 2. The van der Waals surface area contributed by atoms with E-state index in [0.29, 0.717) is 37.3 Å². The molecule has 132 valence electrons. The van der Waals surface area contributed by atoms with E-state index in [1.807, 2.05) is 4.90 Å². The fraction of sp³-hybridized carbons (Fsp3) is 0.438. The van der Waals surface area contributed by atoms with Crippen molar-refractivity contribution in [3.63, 3.8) is 0 Å². The summed E-state index contributed by atoms with van der Waals surface area (Å²) >= 11 is 0. The number of nitrogens with zero attached hydrogens (tertiary/aromatic N) is 3. The number of halogens is 3. The molecule has 2 aromatic heterocycles. The van der Waals surface area contributed by atoms with Gasteiger partial charge >= 0.3 is 6.18 Å². The van der Waals surface area contributed by atoms with Gasteiger partial charge in [0.2, 0.25) is 11.8 Å². The Hall–Kier alpha value is -2.58. The zero-order valence-corrected chi connectivity index (χ0v) is 13.1. The van der Waals surface area contributed by atoms with Crippen LogP contribution in [0.4, 0.5) is 19.0 Å². The summed E-state index contributed by atoms with van der Waals surface area (Å²) in [7, 11) is 0. The van der Waals surface area contributed by atoms with Crippen molar-refractivity contribution in [1.82, 2.24) is 14.7 Å². The van der Waals surface area contributed by atoms with Crippen LogP contribution in [0.15, 0.2) is 24.7 Å². The molecule has 0 saturated carbocycles. The predicted octanol–water partition coefficient (Wildman–Crippen LogP) is 1.99. The third-order valence-electron chi connectivity index (χ3n) is 5.11. The Kier molecular flexibility index (Phi) is 3.32. The van der Waals surface area contributed by atoms with Gasteiger partial charge in [0.05, 0.1) is 22.7 Å². The van der Waals surface area contributed by atoms with Crippen LogP contribution in [0.3, 0.4) is 0 Å². The highest BCUT2D eigenvalue weighted by Crippen LogP contribution is 2.40. The Morgan fingerprint density at radius 1 is 1.16 bits per heavy atom. The number of nitrogens with one attached hydrogen (secondary N) is 1. The number of hydrogen-bond donors (Lipinski definition) is 1. The molecule has 2 fully saturated rings. The normalized spacial score (nSPS) is 20.5. The van der Waals surface area contributed by atoms with E-state index >= 15 is 0 Å². The van der Waals surface area contributed by atoms with Gasteiger partial charge in [-0.05, 0) is 25.0 Å². The van der Waals surface area contributed by atoms with E-state index < -0.39 is 17.2 Å². The van der Waals surface area contributed by atoms with Gasteiger partial charge in [-0.15, -0.1) is 0 Å². The van der Waals surface area contributed by atoms with Crippen molar-refractivity contribution in [2.24, 2.45) is 5.41 Å². The predicted molar refractivity (Wildman–Crippen MR) is 81.8 cm³/mol. The fourth-order valence-electron chi connectivity index (χ4n) is 3.68. The van der Waals surface area contributed by atoms with Crippen LogP contribution in [-0.4, -0.2) is 34.3 Å². The topological polar surface area (TPSA) is 66.7 Å². The molecule has 0 radical (unpaired) electrons. The first-order valence-electron chi connectivity index (χ1n) is 7.91. The zero-order valence-electron chi connectivity index (χ0n) is 13.1. The molecule has 4 rings (SSSR count). The zero-order chi connectivity index (χ0) is 17.8. The lowest BCUT2D eigenvalue weighted by Crippen LogP contribution is -2.44. The van der Waals surface area contributed by atoms with E-state index in [-0.39, 0.29) is 18.2 Å². The second-order valence-electron chi connectivity index (χ2n) is 6.61. The molecule has 2 aliphatic heterocycles. The summed E-state index contributed by atoms with van der Waals surface area (Å²) in [6.07, 6.45) is -0.583. The van der Waals surface area contributed by atoms with Gasteiger partial charge in [0.1, 0.15) is 12.1 Å². The lowest BCUT2D eigenvalue weighted by Gasteiger charge is -2.38. The van der Waals surface area contributed by atoms with Crippen molar-refractivity contribution in [2.45, 2.75) is 25.4 Å². The van der Waals surface area contributed by atoms with Crippen molar-refractivity contribution in [3.05, 3.63) is 30.2 Å². The van der Waals surface area contributed by atoms with Crippen LogP contribution in [0, 0.1) is 5.41 Å². The average Bonchev–Trinajstić information content (AvgIpc) is 3.11. The molecule has 4 heterocycles. The van der Waals surface area contributed by atoms with Crippen LogP contribution >= 0.6 is 0 Å². The molecule has 0 bridgehead atoms. The Morgan fingerprint density at radius 2 is 1.88 bits per heavy atom. The van der Waals surface area contributed by atoms with E-state index in [1.54, 1.807) is 4.40 Å². The third-order valence-corrected chi connectivity index (χ3v) is 5.11. The number of carbonyl (C=O) groups excluding carboxylic acids is 2. The number of piperidine rings is 1. The van der Waals surface area contributed by atoms with Gasteiger partial charge in [0.15, 0.2) is 0 Å². The van der Waals surface area contributed by atoms with Gasteiger partial charge in [-0.1, -0.05) is 0 Å². The molecule has 0 aliphatic carbocycles. The second kappa shape index (κ2) is 5.21. The summed E-state index contributed by atoms with van der Waals surface area (Å²) in [4.78, 5) is 29.3. The lowest BCUT2D eigenvalue weighted by molar-refractivity contribution is -0.137. The first-order chi connectivity index (χ1) is 11.8. The Morgan fingerprint density at radius 3 is 2.48 bits per heavy atom. The van der Waals surface area contributed by atoms with Gasteiger partial charge in [0.25, 0.3) is 0 Å². The van der Waals surface area contributed by atoms with Crippen LogP contribution < -0.4 is 10.2 Å². The monoisotopic (exact) mass is 352 g/mol. The van der Waals surface area contributed by atoms with Gasteiger partial charge in [-0.3, -0.25) is 19.3 Å². The van der Waals surface area contributed by atoms with Crippen LogP contribution in [0.1, 0.15) is 24.8 Å². The summed E-state index contributed by atoms with van der Waals surface area (Å²) in [6, 6.07) is 2.16. The first kappa shape index (κ1) is 15.9.